The Labute approximate surface area is 148 Å². The van der Waals surface area contributed by atoms with Crippen LogP contribution in [0.2, 0.25) is 0 Å². The van der Waals surface area contributed by atoms with E-state index in [2.05, 4.69) is 19.1 Å². The Kier molecular flexibility index (Phi) is 5.14. The SMILES string of the molecule is C/C=C\C(=C/C)c1nc(-c2ccccc2)nc(-c2ccc(C)cc2)n1. The first kappa shape index (κ1) is 16.8. The Balaban J connectivity index is 2.19. The highest BCUT2D eigenvalue weighted by atomic mass is 15.0. The highest BCUT2D eigenvalue weighted by molar-refractivity contribution is 5.72. The summed E-state index contributed by atoms with van der Waals surface area (Å²) in [5.41, 5.74) is 4.16. The molecule has 2 aromatic carbocycles. The van der Waals surface area contributed by atoms with Gasteiger partial charge in [-0.3, -0.25) is 0 Å². The first-order chi connectivity index (χ1) is 12.2. The molecule has 0 fully saturated rings. The van der Waals surface area contributed by atoms with Crippen molar-refractivity contribution in [3.63, 3.8) is 0 Å². The van der Waals surface area contributed by atoms with Gasteiger partial charge in [0.25, 0.3) is 0 Å². The van der Waals surface area contributed by atoms with Gasteiger partial charge >= 0.3 is 0 Å². The van der Waals surface area contributed by atoms with Gasteiger partial charge in [-0.1, -0.05) is 78.4 Å². The van der Waals surface area contributed by atoms with Gasteiger partial charge in [0.15, 0.2) is 17.5 Å². The number of rotatable bonds is 4. The topological polar surface area (TPSA) is 38.7 Å². The van der Waals surface area contributed by atoms with E-state index in [1.54, 1.807) is 0 Å². The lowest BCUT2D eigenvalue weighted by atomic mass is 10.1. The van der Waals surface area contributed by atoms with Crippen molar-refractivity contribution in [3.8, 4) is 22.8 Å². The summed E-state index contributed by atoms with van der Waals surface area (Å²) in [6.07, 6.45) is 6.03. The molecule has 0 amide bonds. The Morgan fingerprint density at radius 1 is 0.760 bits per heavy atom. The summed E-state index contributed by atoms with van der Waals surface area (Å²) in [6, 6.07) is 18.3. The van der Waals surface area contributed by atoms with Crippen LogP contribution in [0.4, 0.5) is 0 Å². The average molecular weight is 327 g/mol. The van der Waals surface area contributed by atoms with Gasteiger partial charge in [0.1, 0.15) is 0 Å². The fourth-order valence-electron chi connectivity index (χ4n) is 2.53. The first-order valence-corrected chi connectivity index (χ1v) is 8.39. The molecule has 0 spiro atoms. The van der Waals surface area contributed by atoms with Crippen LogP contribution in [0, 0.1) is 6.92 Å². The molecule has 0 aliphatic heterocycles. The van der Waals surface area contributed by atoms with Crippen molar-refractivity contribution >= 4 is 5.57 Å². The second-order valence-corrected chi connectivity index (χ2v) is 5.78. The van der Waals surface area contributed by atoms with Gasteiger partial charge in [-0.2, -0.15) is 0 Å². The molecule has 124 valence electrons. The Hall–Kier alpha value is -3.07. The summed E-state index contributed by atoms with van der Waals surface area (Å²) in [6.45, 7) is 6.05. The van der Waals surface area contributed by atoms with Crippen molar-refractivity contribution in [2.24, 2.45) is 0 Å². The predicted molar refractivity (Wildman–Crippen MR) is 104 cm³/mol. The molecular weight excluding hydrogens is 306 g/mol. The lowest BCUT2D eigenvalue weighted by Crippen LogP contribution is -2.02. The molecule has 3 rings (SSSR count). The van der Waals surface area contributed by atoms with Crippen molar-refractivity contribution in [2.45, 2.75) is 20.8 Å². The first-order valence-electron chi connectivity index (χ1n) is 8.39. The van der Waals surface area contributed by atoms with Crippen molar-refractivity contribution in [3.05, 3.63) is 84.2 Å². The predicted octanol–water partition coefficient (Wildman–Crippen LogP) is 5.49. The van der Waals surface area contributed by atoms with E-state index in [4.69, 9.17) is 15.0 Å². The molecule has 25 heavy (non-hydrogen) atoms. The molecule has 0 bridgehead atoms. The van der Waals surface area contributed by atoms with Crippen LogP contribution in [0.15, 0.2) is 72.8 Å². The molecular formula is C22H21N3. The van der Waals surface area contributed by atoms with Crippen LogP contribution in [0.3, 0.4) is 0 Å². The number of benzene rings is 2. The van der Waals surface area contributed by atoms with Gasteiger partial charge in [-0.15, -0.1) is 0 Å². The van der Waals surface area contributed by atoms with E-state index in [1.807, 2.05) is 74.5 Å². The highest BCUT2D eigenvalue weighted by Crippen LogP contribution is 2.23. The van der Waals surface area contributed by atoms with E-state index < -0.39 is 0 Å². The molecule has 0 radical (unpaired) electrons. The molecule has 3 nitrogen and oxygen atoms in total. The van der Waals surface area contributed by atoms with Gasteiger partial charge in [0.05, 0.1) is 0 Å². The zero-order valence-corrected chi connectivity index (χ0v) is 14.8. The third kappa shape index (κ3) is 3.89. The summed E-state index contributed by atoms with van der Waals surface area (Å²) < 4.78 is 0. The largest absolute Gasteiger partial charge is 0.208 e. The van der Waals surface area contributed by atoms with Crippen LogP contribution >= 0.6 is 0 Å². The van der Waals surface area contributed by atoms with Crippen LogP contribution in [-0.2, 0) is 0 Å². The molecule has 0 N–H and O–H groups in total. The van der Waals surface area contributed by atoms with E-state index in [1.165, 1.54) is 5.56 Å². The standard InChI is InChI=1S/C22H21N3/c1-4-9-17(5-2)20-23-21(18-10-7-6-8-11-18)25-22(24-20)19-14-12-16(3)13-15-19/h4-15H,1-3H3/b9-4-,17-5+. The Morgan fingerprint density at radius 2 is 1.36 bits per heavy atom. The minimum Gasteiger partial charge on any atom is -0.208 e. The second kappa shape index (κ2) is 7.67. The minimum absolute atomic E-state index is 0.685. The van der Waals surface area contributed by atoms with Gasteiger partial charge in [-0.05, 0) is 20.8 Å². The lowest BCUT2D eigenvalue weighted by molar-refractivity contribution is 1.04. The fourth-order valence-corrected chi connectivity index (χ4v) is 2.53. The Bertz CT molecular complexity index is 908. The highest BCUT2D eigenvalue weighted by Gasteiger charge is 2.11. The summed E-state index contributed by atoms with van der Waals surface area (Å²) in [5.74, 6) is 2.06. The molecule has 0 aliphatic carbocycles. The molecule has 1 heterocycles. The summed E-state index contributed by atoms with van der Waals surface area (Å²) in [5, 5.41) is 0. The number of aryl methyl sites for hydroxylation is 1. The summed E-state index contributed by atoms with van der Waals surface area (Å²) in [4.78, 5) is 14.1. The fraction of sp³-hybridized carbons (Fsp3) is 0.136. The van der Waals surface area contributed by atoms with Crippen molar-refractivity contribution in [1.82, 2.24) is 15.0 Å². The maximum atomic E-state index is 4.71. The van der Waals surface area contributed by atoms with E-state index in [9.17, 15) is 0 Å². The van der Waals surface area contributed by atoms with Crippen LogP contribution in [0.25, 0.3) is 28.3 Å². The molecule has 1 aromatic heterocycles. The van der Waals surface area contributed by atoms with E-state index in [-0.39, 0.29) is 0 Å². The lowest BCUT2D eigenvalue weighted by Gasteiger charge is -2.08. The number of allylic oxidation sites excluding steroid dienone is 4. The smallest absolute Gasteiger partial charge is 0.164 e. The molecule has 0 aliphatic rings. The zero-order chi connectivity index (χ0) is 17.6. The molecule has 0 saturated carbocycles. The quantitative estimate of drug-likeness (QED) is 0.594. The van der Waals surface area contributed by atoms with E-state index in [0.717, 1.165) is 16.7 Å². The molecule has 0 saturated heterocycles. The van der Waals surface area contributed by atoms with E-state index >= 15 is 0 Å². The monoisotopic (exact) mass is 327 g/mol. The third-order valence-corrected chi connectivity index (χ3v) is 3.89. The zero-order valence-electron chi connectivity index (χ0n) is 14.8. The summed E-state index contributed by atoms with van der Waals surface area (Å²) in [7, 11) is 0. The van der Waals surface area contributed by atoms with Crippen LogP contribution < -0.4 is 0 Å². The molecule has 3 aromatic rings. The number of hydrogen-bond donors (Lipinski definition) is 0. The van der Waals surface area contributed by atoms with Gasteiger partial charge in [-0.25, -0.2) is 15.0 Å². The maximum absolute atomic E-state index is 4.71. The molecule has 3 heteroatoms. The maximum Gasteiger partial charge on any atom is 0.164 e. The second-order valence-electron chi connectivity index (χ2n) is 5.78. The van der Waals surface area contributed by atoms with Crippen molar-refractivity contribution < 1.29 is 0 Å². The van der Waals surface area contributed by atoms with E-state index in [0.29, 0.717) is 17.5 Å². The van der Waals surface area contributed by atoms with Crippen LogP contribution in [0.1, 0.15) is 25.2 Å². The van der Waals surface area contributed by atoms with Crippen LogP contribution in [0.5, 0.6) is 0 Å². The average Bonchev–Trinajstić information content (AvgIpc) is 2.67. The third-order valence-electron chi connectivity index (χ3n) is 3.89. The molecule has 0 unspecified atom stereocenters. The van der Waals surface area contributed by atoms with Crippen LogP contribution in [-0.4, -0.2) is 15.0 Å². The normalized spacial score (nSPS) is 11.9. The minimum atomic E-state index is 0.685. The van der Waals surface area contributed by atoms with Gasteiger partial charge < -0.3 is 0 Å². The number of aromatic nitrogens is 3. The molecule has 0 atom stereocenters. The number of nitrogens with zero attached hydrogens (tertiary/aromatic N) is 3. The summed E-state index contributed by atoms with van der Waals surface area (Å²) >= 11 is 0. The number of hydrogen-bond acceptors (Lipinski definition) is 3. The van der Waals surface area contributed by atoms with Gasteiger partial charge in [0, 0.05) is 16.7 Å². The Morgan fingerprint density at radius 3 is 1.92 bits per heavy atom. The van der Waals surface area contributed by atoms with Crippen molar-refractivity contribution in [1.29, 1.82) is 0 Å². The van der Waals surface area contributed by atoms with Crippen molar-refractivity contribution in [2.75, 3.05) is 0 Å². The van der Waals surface area contributed by atoms with Gasteiger partial charge in [0.2, 0.25) is 0 Å².